The van der Waals surface area contributed by atoms with Gasteiger partial charge in [-0.05, 0) is 38.1 Å². The number of piperazine rings is 1. The molecule has 1 saturated heterocycles. The highest BCUT2D eigenvalue weighted by atomic mass is 16.7. The van der Waals surface area contributed by atoms with Crippen LogP contribution >= 0.6 is 0 Å². The summed E-state index contributed by atoms with van der Waals surface area (Å²) in [4.78, 5) is 52.3. The van der Waals surface area contributed by atoms with Crippen LogP contribution in [0.1, 0.15) is 46.0 Å². The van der Waals surface area contributed by atoms with Crippen molar-refractivity contribution in [2.24, 2.45) is 0 Å². The maximum absolute atomic E-state index is 12.8. The van der Waals surface area contributed by atoms with Crippen LogP contribution in [0.15, 0.2) is 48.5 Å². The first-order valence-corrected chi connectivity index (χ1v) is 11.0. The van der Waals surface area contributed by atoms with E-state index in [2.05, 4.69) is 0 Å². The van der Waals surface area contributed by atoms with E-state index in [0.29, 0.717) is 43.1 Å². The zero-order valence-electron chi connectivity index (χ0n) is 18.9. The van der Waals surface area contributed by atoms with E-state index in [1.807, 2.05) is 19.1 Å². The number of hydrogen-bond donors (Lipinski definition) is 0. The van der Waals surface area contributed by atoms with E-state index in [1.54, 1.807) is 41.0 Å². The zero-order chi connectivity index (χ0) is 23.8. The van der Waals surface area contributed by atoms with Crippen molar-refractivity contribution in [2.45, 2.75) is 26.7 Å². The monoisotopic (exact) mass is 452 g/mol. The molecule has 8 heteroatoms. The van der Waals surface area contributed by atoms with E-state index in [9.17, 15) is 19.2 Å². The summed E-state index contributed by atoms with van der Waals surface area (Å²) in [5, 5.41) is 0. The van der Waals surface area contributed by atoms with Crippen molar-refractivity contribution in [3.05, 3.63) is 65.2 Å². The minimum Gasteiger partial charge on any atom is -0.434 e. The number of ketones is 1. The predicted molar refractivity (Wildman–Crippen MR) is 121 cm³/mol. The molecule has 0 bridgehead atoms. The fraction of sp³-hybridized carbons (Fsp3) is 0.360. The summed E-state index contributed by atoms with van der Waals surface area (Å²) in [7, 11) is 0. The Labute approximate surface area is 193 Å². The molecular formula is C25H28N2O6. The standard InChI is InChI=1S/C25H28N2O6/c1-3-32-25(31)33-21-10-8-20(9-11-21)24(30)27-16-14-26(15-17-27)23(29)13-12-22(28)19-6-4-18(2)5-7-19/h4-11H,3,12-17H2,1-2H3. The quantitative estimate of drug-likeness (QED) is 0.363. The van der Waals surface area contributed by atoms with Crippen LogP contribution in [0.3, 0.4) is 0 Å². The maximum atomic E-state index is 12.8. The molecule has 1 aliphatic heterocycles. The van der Waals surface area contributed by atoms with E-state index in [-0.39, 0.29) is 37.0 Å². The summed E-state index contributed by atoms with van der Waals surface area (Å²) >= 11 is 0. The number of carbonyl (C=O) groups is 4. The lowest BCUT2D eigenvalue weighted by molar-refractivity contribution is -0.132. The van der Waals surface area contributed by atoms with Gasteiger partial charge in [0.25, 0.3) is 5.91 Å². The van der Waals surface area contributed by atoms with Gasteiger partial charge in [-0.15, -0.1) is 0 Å². The van der Waals surface area contributed by atoms with E-state index < -0.39 is 6.16 Å². The van der Waals surface area contributed by atoms with Crippen LogP contribution in [0, 0.1) is 6.92 Å². The van der Waals surface area contributed by atoms with Crippen LogP contribution in [0.4, 0.5) is 4.79 Å². The third-order valence-corrected chi connectivity index (χ3v) is 5.42. The molecule has 1 fully saturated rings. The molecule has 0 radical (unpaired) electrons. The van der Waals surface area contributed by atoms with E-state index in [4.69, 9.17) is 9.47 Å². The smallest absolute Gasteiger partial charge is 0.434 e. The second-order valence-electron chi connectivity index (χ2n) is 7.77. The summed E-state index contributed by atoms with van der Waals surface area (Å²) in [6.45, 7) is 5.53. The molecule has 33 heavy (non-hydrogen) atoms. The zero-order valence-corrected chi connectivity index (χ0v) is 18.9. The van der Waals surface area contributed by atoms with Crippen molar-refractivity contribution in [2.75, 3.05) is 32.8 Å². The number of hydrogen-bond acceptors (Lipinski definition) is 6. The van der Waals surface area contributed by atoms with Crippen molar-refractivity contribution >= 4 is 23.8 Å². The number of aryl methyl sites for hydroxylation is 1. The van der Waals surface area contributed by atoms with Gasteiger partial charge in [0, 0.05) is 50.1 Å². The molecule has 0 spiro atoms. The van der Waals surface area contributed by atoms with Gasteiger partial charge in [0.05, 0.1) is 6.61 Å². The summed E-state index contributed by atoms with van der Waals surface area (Å²) in [6, 6.07) is 13.6. The SMILES string of the molecule is CCOC(=O)Oc1ccc(C(=O)N2CCN(C(=O)CCC(=O)c3ccc(C)cc3)CC2)cc1. The van der Waals surface area contributed by atoms with E-state index in [0.717, 1.165) is 5.56 Å². The highest BCUT2D eigenvalue weighted by Gasteiger charge is 2.25. The molecule has 8 nitrogen and oxygen atoms in total. The number of benzene rings is 2. The number of carbonyl (C=O) groups excluding carboxylic acids is 4. The maximum Gasteiger partial charge on any atom is 0.513 e. The molecular weight excluding hydrogens is 424 g/mol. The minimum absolute atomic E-state index is 0.0486. The highest BCUT2D eigenvalue weighted by molar-refractivity contribution is 5.98. The molecule has 0 aromatic heterocycles. The van der Waals surface area contributed by atoms with Gasteiger partial charge in [-0.2, -0.15) is 0 Å². The molecule has 0 aliphatic carbocycles. The Balaban J connectivity index is 1.45. The third kappa shape index (κ3) is 6.65. The Morgan fingerprint density at radius 3 is 1.97 bits per heavy atom. The first kappa shape index (κ1) is 24.0. The van der Waals surface area contributed by atoms with Gasteiger partial charge < -0.3 is 19.3 Å². The van der Waals surface area contributed by atoms with Crippen molar-refractivity contribution < 1.29 is 28.7 Å². The molecule has 174 valence electrons. The molecule has 0 unspecified atom stereocenters. The lowest BCUT2D eigenvalue weighted by atomic mass is 10.0. The third-order valence-electron chi connectivity index (χ3n) is 5.42. The van der Waals surface area contributed by atoms with Gasteiger partial charge in [-0.3, -0.25) is 14.4 Å². The summed E-state index contributed by atoms with van der Waals surface area (Å²) < 4.78 is 9.71. The normalized spacial score (nSPS) is 13.4. The molecule has 2 aromatic rings. The number of amides is 2. The molecule has 1 heterocycles. The second-order valence-corrected chi connectivity index (χ2v) is 7.77. The Hall–Kier alpha value is -3.68. The highest BCUT2D eigenvalue weighted by Crippen LogP contribution is 2.16. The van der Waals surface area contributed by atoms with Crippen LogP contribution in [0.2, 0.25) is 0 Å². The topological polar surface area (TPSA) is 93.2 Å². The number of ether oxygens (including phenoxy) is 2. The van der Waals surface area contributed by atoms with Crippen molar-refractivity contribution in [1.29, 1.82) is 0 Å². The molecule has 0 atom stereocenters. The Morgan fingerprint density at radius 1 is 0.788 bits per heavy atom. The van der Waals surface area contributed by atoms with E-state index >= 15 is 0 Å². The fourth-order valence-corrected chi connectivity index (χ4v) is 3.51. The summed E-state index contributed by atoms with van der Waals surface area (Å²) in [5.41, 5.74) is 2.16. The van der Waals surface area contributed by atoms with Crippen molar-refractivity contribution in [3.8, 4) is 5.75 Å². The predicted octanol–water partition coefficient (Wildman–Crippen LogP) is 3.48. The Morgan fingerprint density at radius 2 is 1.36 bits per heavy atom. The van der Waals surface area contributed by atoms with Gasteiger partial charge in [-0.25, -0.2) is 4.79 Å². The first-order valence-electron chi connectivity index (χ1n) is 11.0. The largest absolute Gasteiger partial charge is 0.513 e. The number of Topliss-reactive ketones (excluding diaryl/α,β-unsaturated/α-hetero) is 1. The van der Waals surface area contributed by atoms with Crippen LogP contribution in [0.25, 0.3) is 0 Å². The number of rotatable bonds is 7. The molecule has 2 amide bonds. The van der Waals surface area contributed by atoms with Crippen LogP contribution < -0.4 is 4.74 Å². The lowest BCUT2D eigenvalue weighted by Crippen LogP contribution is -2.50. The van der Waals surface area contributed by atoms with Gasteiger partial charge >= 0.3 is 6.16 Å². The van der Waals surface area contributed by atoms with E-state index in [1.165, 1.54) is 12.1 Å². The first-order chi connectivity index (χ1) is 15.9. The second kappa shape index (κ2) is 11.3. The Bertz CT molecular complexity index is 993. The van der Waals surface area contributed by atoms with Crippen molar-refractivity contribution in [1.82, 2.24) is 9.80 Å². The summed E-state index contributed by atoms with van der Waals surface area (Å²) in [5.74, 6) is 0.00973. The Kier molecular flexibility index (Phi) is 8.18. The van der Waals surface area contributed by atoms with Crippen molar-refractivity contribution in [3.63, 3.8) is 0 Å². The van der Waals surface area contributed by atoms with Gasteiger partial charge in [-0.1, -0.05) is 29.8 Å². The van der Waals surface area contributed by atoms with Gasteiger partial charge in [0.15, 0.2) is 5.78 Å². The molecule has 3 rings (SSSR count). The molecule has 0 saturated carbocycles. The average Bonchev–Trinajstić information content (AvgIpc) is 2.83. The van der Waals surface area contributed by atoms with Crippen LogP contribution in [-0.2, 0) is 9.53 Å². The van der Waals surface area contributed by atoms with Gasteiger partial charge in [0.1, 0.15) is 5.75 Å². The average molecular weight is 453 g/mol. The minimum atomic E-state index is -0.794. The van der Waals surface area contributed by atoms with Crippen LogP contribution in [-0.4, -0.2) is 66.3 Å². The summed E-state index contributed by atoms with van der Waals surface area (Å²) in [6.07, 6.45) is -0.470. The molecule has 1 aliphatic rings. The number of nitrogens with zero attached hydrogens (tertiary/aromatic N) is 2. The van der Waals surface area contributed by atoms with Gasteiger partial charge in [0.2, 0.25) is 5.91 Å². The molecule has 0 N–H and O–H groups in total. The van der Waals surface area contributed by atoms with Crippen LogP contribution in [0.5, 0.6) is 5.75 Å². The fourth-order valence-electron chi connectivity index (χ4n) is 3.51. The molecule has 2 aromatic carbocycles. The lowest BCUT2D eigenvalue weighted by Gasteiger charge is -2.35.